The van der Waals surface area contributed by atoms with Crippen LogP contribution >= 0.6 is 0 Å². The van der Waals surface area contributed by atoms with E-state index in [1.54, 1.807) is 7.11 Å². The Morgan fingerprint density at radius 1 is 1.48 bits per heavy atom. The predicted octanol–water partition coefficient (Wildman–Crippen LogP) is -0.246. The summed E-state index contributed by atoms with van der Waals surface area (Å²) in [5.74, 6) is -0.0873. The van der Waals surface area contributed by atoms with Crippen molar-refractivity contribution in [1.82, 2.24) is 25.7 Å². The average Bonchev–Trinajstić information content (AvgIpc) is 2.93. The van der Waals surface area contributed by atoms with Crippen LogP contribution in [0.1, 0.15) is 28.2 Å². The maximum atomic E-state index is 12.1. The Bertz CT molecular complexity index is 460. The molecule has 0 radical (unpaired) electrons. The van der Waals surface area contributed by atoms with E-state index in [0.29, 0.717) is 18.8 Å². The van der Waals surface area contributed by atoms with Crippen molar-refractivity contribution in [3.05, 3.63) is 17.0 Å². The summed E-state index contributed by atoms with van der Waals surface area (Å²) in [5, 5.41) is 13.3. The van der Waals surface area contributed by atoms with E-state index in [4.69, 9.17) is 4.74 Å². The standard InChI is InChI=1S/C14H25N5O2/c1-19(8-9-21-2)7-3-5-16-14(20)13-11-10-15-6-4-12(11)17-18-13/h15H,3-10H2,1-2H3,(H,16,20)(H,17,18). The quantitative estimate of drug-likeness (QED) is 0.576. The smallest absolute Gasteiger partial charge is 0.272 e. The Balaban J connectivity index is 1.71. The van der Waals surface area contributed by atoms with Gasteiger partial charge >= 0.3 is 0 Å². The van der Waals surface area contributed by atoms with Crippen LogP contribution in [0.5, 0.6) is 0 Å². The number of carbonyl (C=O) groups excluding carboxylic acids is 1. The van der Waals surface area contributed by atoms with Gasteiger partial charge in [0.1, 0.15) is 0 Å². The Labute approximate surface area is 125 Å². The highest BCUT2D eigenvalue weighted by Crippen LogP contribution is 2.14. The second kappa shape index (κ2) is 8.11. The van der Waals surface area contributed by atoms with Crippen LogP contribution in [-0.4, -0.2) is 67.9 Å². The van der Waals surface area contributed by atoms with Gasteiger partial charge in [-0.2, -0.15) is 5.10 Å². The minimum Gasteiger partial charge on any atom is -0.383 e. The topological polar surface area (TPSA) is 82.3 Å². The summed E-state index contributed by atoms with van der Waals surface area (Å²) < 4.78 is 5.03. The molecule has 0 bridgehead atoms. The van der Waals surface area contributed by atoms with Gasteiger partial charge in [-0.1, -0.05) is 0 Å². The third kappa shape index (κ3) is 4.52. The highest BCUT2D eigenvalue weighted by atomic mass is 16.5. The number of carbonyl (C=O) groups is 1. The van der Waals surface area contributed by atoms with Gasteiger partial charge in [0.15, 0.2) is 5.69 Å². The molecule has 0 saturated heterocycles. The number of H-pyrrole nitrogens is 1. The van der Waals surface area contributed by atoms with E-state index < -0.39 is 0 Å². The number of nitrogens with zero attached hydrogens (tertiary/aromatic N) is 2. The van der Waals surface area contributed by atoms with Gasteiger partial charge in [0.05, 0.1) is 6.61 Å². The Morgan fingerprint density at radius 3 is 3.14 bits per heavy atom. The van der Waals surface area contributed by atoms with Crippen molar-refractivity contribution in [1.29, 1.82) is 0 Å². The van der Waals surface area contributed by atoms with Crippen LogP contribution in [0.2, 0.25) is 0 Å². The Hall–Kier alpha value is -1.44. The summed E-state index contributed by atoms with van der Waals surface area (Å²) in [6.45, 7) is 4.88. The molecule has 0 fully saturated rings. The average molecular weight is 295 g/mol. The molecule has 2 heterocycles. The molecule has 1 aliphatic heterocycles. The Kier molecular flexibility index (Phi) is 6.16. The lowest BCUT2D eigenvalue weighted by atomic mass is 10.1. The van der Waals surface area contributed by atoms with Crippen molar-refractivity contribution >= 4 is 5.91 Å². The van der Waals surface area contributed by atoms with Crippen molar-refractivity contribution in [3.8, 4) is 0 Å². The maximum Gasteiger partial charge on any atom is 0.272 e. The number of hydrogen-bond acceptors (Lipinski definition) is 5. The number of ether oxygens (including phenoxy) is 1. The summed E-state index contributed by atoms with van der Waals surface area (Å²) in [4.78, 5) is 14.3. The van der Waals surface area contributed by atoms with Crippen LogP contribution in [0.3, 0.4) is 0 Å². The van der Waals surface area contributed by atoms with Gasteiger partial charge in [0.25, 0.3) is 5.91 Å². The van der Waals surface area contributed by atoms with Gasteiger partial charge < -0.3 is 20.3 Å². The number of rotatable bonds is 8. The maximum absolute atomic E-state index is 12.1. The summed E-state index contributed by atoms with van der Waals surface area (Å²) in [7, 11) is 3.75. The fourth-order valence-electron chi connectivity index (χ4n) is 2.41. The number of aromatic nitrogens is 2. The first-order chi connectivity index (χ1) is 10.2. The highest BCUT2D eigenvalue weighted by Gasteiger charge is 2.20. The first-order valence-electron chi connectivity index (χ1n) is 7.45. The molecule has 1 amide bonds. The van der Waals surface area contributed by atoms with E-state index in [2.05, 4.69) is 32.8 Å². The second-order valence-electron chi connectivity index (χ2n) is 5.36. The molecule has 3 N–H and O–H groups in total. The molecule has 7 nitrogen and oxygen atoms in total. The molecular formula is C14H25N5O2. The molecule has 1 aromatic heterocycles. The lowest BCUT2D eigenvalue weighted by molar-refractivity contribution is 0.0945. The number of amides is 1. The SMILES string of the molecule is COCCN(C)CCCNC(=O)c1n[nH]c2c1CNCC2. The molecule has 1 aromatic rings. The molecular weight excluding hydrogens is 270 g/mol. The second-order valence-corrected chi connectivity index (χ2v) is 5.36. The zero-order valence-electron chi connectivity index (χ0n) is 12.9. The normalized spacial score (nSPS) is 14.2. The Morgan fingerprint density at radius 2 is 2.33 bits per heavy atom. The van der Waals surface area contributed by atoms with Crippen molar-refractivity contribution in [2.24, 2.45) is 0 Å². The molecule has 0 aromatic carbocycles. The van der Waals surface area contributed by atoms with Crippen molar-refractivity contribution in [2.75, 3.05) is 46.9 Å². The summed E-state index contributed by atoms with van der Waals surface area (Å²) in [6, 6.07) is 0. The number of nitrogens with one attached hydrogen (secondary N) is 3. The number of hydrogen-bond donors (Lipinski definition) is 3. The summed E-state index contributed by atoms with van der Waals surface area (Å²) >= 11 is 0. The lowest BCUT2D eigenvalue weighted by Crippen LogP contribution is -2.31. The van der Waals surface area contributed by atoms with Gasteiger partial charge in [0.2, 0.25) is 0 Å². The molecule has 118 valence electrons. The zero-order chi connectivity index (χ0) is 15.1. The first-order valence-corrected chi connectivity index (χ1v) is 7.45. The van der Waals surface area contributed by atoms with Crippen molar-refractivity contribution < 1.29 is 9.53 Å². The largest absolute Gasteiger partial charge is 0.383 e. The van der Waals surface area contributed by atoms with E-state index >= 15 is 0 Å². The fraction of sp³-hybridized carbons (Fsp3) is 0.714. The minimum absolute atomic E-state index is 0.0873. The van der Waals surface area contributed by atoms with E-state index in [1.165, 1.54) is 0 Å². The van der Waals surface area contributed by atoms with Gasteiger partial charge in [0, 0.05) is 51.0 Å². The number of likely N-dealkylation sites (N-methyl/N-ethyl adjacent to an activating group) is 1. The number of methoxy groups -OCH3 is 1. The van der Waals surface area contributed by atoms with Crippen LogP contribution in [0, 0.1) is 0 Å². The van der Waals surface area contributed by atoms with Crippen LogP contribution in [0.15, 0.2) is 0 Å². The molecule has 7 heteroatoms. The third-order valence-electron chi connectivity index (χ3n) is 3.70. The van der Waals surface area contributed by atoms with Crippen LogP contribution in [-0.2, 0) is 17.7 Å². The fourth-order valence-corrected chi connectivity index (χ4v) is 2.41. The molecule has 0 spiro atoms. The summed E-state index contributed by atoms with van der Waals surface area (Å²) in [6.07, 6.45) is 1.82. The predicted molar refractivity (Wildman–Crippen MR) is 80.3 cm³/mol. The number of aromatic amines is 1. The van der Waals surface area contributed by atoms with Crippen molar-refractivity contribution in [2.45, 2.75) is 19.4 Å². The molecule has 21 heavy (non-hydrogen) atoms. The molecule has 0 aliphatic carbocycles. The summed E-state index contributed by atoms with van der Waals surface area (Å²) in [5.41, 5.74) is 2.62. The molecule has 0 unspecified atom stereocenters. The van der Waals surface area contributed by atoms with Gasteiger partial charge in [-0.25, -0.2) is 0 Å². The highest BCUT2D eigenvalue weighted by molar-refractivity contribution is 5.94. The van der Waals surface area contributed by atoms with Gasteiger partial charge in [-0.05, 0) is 20.0 Å². The van der Waals surface area contributed by atoms with Crippen LogP contribution in [0.4, 0.5) is 0 Å². The molecule has 1 aliphatic rings. The number of fused-ring (bicyclic) bond motifs is 1. The third-order valence-corrected chi connectivity index (χ3v) is 3.70. The van der Waals surface area contributed by atoms with Crippen LogP contribution < -0.4 is 10.6 Å². The monoisotopic (exact) mass is 295 g/mol. The lowest BCUT2D eigenvalue weighted by Gasteiger charge is -2.16. The molecule has 0 atom stereocenters. The van der Waals surface area contributed by atoms with Crippen LogP contribution in [0.25, 0.3) is 0 Å². The van der Waals surface area contributed by atoms with Gasteiger partial charge in [-0.15, -0.1) is 0 Å². The minimum atomic E-state index is -0.0873. The first kappa shape index (κ1) is 15.9. The zero-order valence-corrected chi connectivity index (χ0v) is 12.9. The van der Waals surface area contributed by atoms with Gasteiger partial charge in [-0.3, -0.25) is 9.89 Å². The van der Waals surface area contributed by atoms with E-state index in [1.807, 2.05) is 0 Å². The van der Waals surface area contributed by atoms with E-state index in [-0.39, 0.29) is 5.91 Å². The molecule has 2 rings (SSSR count). The van der Waals surface area contributed by atoms with E-state index in [9.17, 15) is 4.79 Å². The molecule has 0 saturated carbocycles. The van der Waals surface area contributed by atoms with E-state index in [0.717, 1.165) is 50.3 Å². The van der Waals surface area contributed by atoms with Crippen molar-refractivity contribution in [3.63, 3.8) is 0 Å².